The van der Waals surface area contributed by atoms with Crippen molar-refractivity contribution in [2.24, 2.45) is 0 Å². The molecule has 0 atom stereocenters. The summed E-state index contributed by atoms with van der Waals surface area (Å²) >= 11 is 7.43. The minimum Gasteiger partial charge on any atom is -0.382 e. The molecular formula is C24H28ClN3O3S. The normalized spacial score (nSPS) is 13.8. The molecule has 0 spiro atoms. The summed E-state index contributed by atoms with van der Waals surface area (Å²) in [6, 6.07) is 7.62. The molecule has 0 amide bonds. The molecule has 0 N–H and O–H groups in total. The number of ether oxygens (including phenoxy) is 1. The minimum atomic E-state index is -0.120. The Balaban J connectivity index is 1.60. The molecule has 170 valence electrons. The van der Waals surface area contributed by atoms with Crippen molar-refractivity contribution in [3.63, 3.8) is 0 Å². The molecule has 0 saturated heterocycles. The first kappa shape index (κ1) is 23.1. The van der Waals surface area contributed by atoms with Crippen LogP contribution in [0.1, 0.15) is 54.0 Å². The number of benzene rings is 1. The number of thioether (sulfide) groups is 1. The number of carbonyl (C=O) groups excluding carboxylic acids is 1. The smallest absolute Gasteiger partial charge is 0.262 e. The van der Waals surface area contributed by atoms with E-state index in [0.29, 0.717) is 53.3 Å². The van der Waals surface area contributed by atoms with Crippen LogP contribution in [-0.2, 0) is 11.3 Å². The molecule has 8 heteroatoms. The second-order valence-electron chi connectivity index (χ2n) is 8.16. The van der Waals surface area contributed by atoms with Crippen molar-refractivity contribution in [3.05, 3.63) is 56.6 Å². The lowest BCUT2D eigenvalue weighted by Crippen LogP contribution is -2.24. The highest BCUT2D eigenvalue weighted by Gasteiger charge is 2.28. The van der Waals surface area contributed by atoms with Gasteiger partial charge < -0.3 is 9.30 Å². The zero-order valence-electron chi connectivity index (χ0n) is 18.7. The largest absolute Gasteiger partial charge is 0.382 e. The number of carbonyl (C=O) groups is 1. The zero-order valence-corrected chi connectivity index (χ0v) is 20.3. The second-order valence-corrected chi connectivity index (χ2v) is 9.54. The van der Waals surface area contributed by atoms with Crippen LogP contribution >= 0.6 is 23.4 Å². The highest BCUT2D eigenvalue weighted by atomic mass is 35.5. The average molecular weight is 474 g/mol. The number of hydrogen-bond donors (Lipinski definition) is 0. The van der Waals surface area contributed by atoms with Crippen LogP contribution in [0, 0.1) is 13.8 Å². The van der Waals surface area contributed by atoms with Gasteiger partial charge in [-0.1, -0.05) is 23.4 Å². The Bertz CT molecular complexity index is 1210. The number of Topliss-reactive ketones (excluding diaryl/α,β-unsaturated/α-hetero) is 1. The third-order valence-corrected chi connectivity index (χ3v) is 7.00. The number of ketones is 1. The molecular weight excluding hydrogens is 446 g/mol. The quantitative estimate of drug-likeness (QED) is 0.175. The monoisotopic (exact) mass is 473 g/mol. The van der Waals surface area contributed by atoms with E-state index in [-0.39, 0.29) is 17.1 Å². The lowest BCUT2D eigenvalue weighted by molar-refractivity contribution is 0.102. The Morgan fingerprint density at radius 2 is 2.06 bits per heavy atom. The van der Waals surface area contributed by atoms with Gasteiger partial charge in [-0.3, -0.25) is 14.2 Å². The summed E-state index contributed by atoms with van der Waals surface area (Å²) in [7, 11) is 0. The highest BCUT2D eigenvalue weighted by Crippen LogP contribution is 2.38. The molecule has 1 fully saturated rings. The Morgan fingerprint density at radius 3 is 2.78 bits per heavy atom. The third kappa shape index (κ3) is 4.80. The van der Waals surface area contributed by atoms with E-state index in [4.69, 9.17) is 16.3 Å². The average Bonchev–Trinajstić information content (AvgIpc) is 3.54. The molecule has 0 radical (unpaired) electrons. The molecule has 4 rings (SSSR count). The third-order valence-electron chi connectivity index (χ3n) is 5.79. The van der Waals surface area contributed by atoms with E-state index < -0.39 is 0 Å². The second kappa shape index (κ2) is 9.81. The molecule has 1 saturated carbocycles. The number of halogens is 1. The number of aromatic nitrogens is 3. The van der Waals surface area contributed by atoms with Crippen LogP contribution in [0.2, 0.25) is 5.02 Å². The Hall–Kier alpha value is -2.09. The maximum absolute atomic E-state index is 13.2. The fourth-order valence-corrected chi connectivity index (χ4v) is 5.19. The molecule has 0 aliphatic heterocycles. The topological polar surface area (TPSA) is 66.1 Å². The molecule has 2 aromatic heterocycles. The standard InChI is InChI=1S/C24H28ClN3O3S/c1-4-31-11-5-10-27-23(30)19-9-6-17(25)13-21(19)26-24(27)32-14-22(29)20-12-15(2)28(16(20)3)18-7-8-18/h6,9,12-13,18H,4-5,7-8,10-11,14H2,1-3H3. The van der Waals surface area contributed by atoms with Crippen molar-refractivity contribution in [3.8, 4) is 0 Å². The molecule has 32 heavy (non-hydrogen) atoms. The van der Waals surface area contributed by atoms with Crippen LogP contribution in [0.4, 0.5) is 0 Å². The van der Waals surface area contributed by atoms with Gasteiger partial charge in [0.05, 0.1) is 16.7 Å². The van der Waals surface area contributed by atoms with Gasteiger partial charge in [0.25, 0.3) is 5.56 Å². The van der Waals surface area contributed by atoms with E-state index in [0.717, 1.165) is 17.0 Å². The number of fused-ring (bicyclic) bond motifs is 1. The molecule has 1 aliphatic carbocycles. The summed E-state index contributed by atoms with van der Waals surface area (Å²) in [6.45, 7) is 7.71. The molecule has 2 heterocycles. The van der Waals surface area contributed by atoms with Crippen LogP contribution in [0.5, 0.6) is 0 Å². The Kier molecular flexibility index (Phi) is 7.08. The number of hydrogen-bond acceptors (Lipinski definition) is 5. The summed E-state index contributed by atoms with van der Waals surface area (Å²) in [5.41, 5.74) is 3.35. The van der Waals surface area contributed by atoms with Gasteiger partial charge in [-0.15, -0.1) is 0 Å². The van der Waals surface area contributed by atoms with Crippen molar-refractivity contribution < 1.29 is 9.53 Å². The van der Waals surface area contributed by atoms with E-state index in [9.17, 15) is 9.59 Å². The highest BCUT2D eigenvalue weighted by molar-refractivity contribution is 7.99. The van der Waals surface area contributed by atoms with E-state index in [1.54, 1.807) is 22.8 Å². The van der Waals surface area contributed by atoms with E-state index >= 15 is 0 Å². The Morgan fingerprint density at radius 1 is 1.28 bits per heavy atom. The lowest BCUT2D eigenvalue weighted by atomic mass is 10.2. The van der Waals surface area contributed by atoms with Crippen LogP contribution in [-0.4, -0.2) is 38.9 Å². The lowest BCUT2D eigenvalue weighted by Gasteiger charge is -2.13. The number of nitrogens with zero attached hydrogens (tertiary/aromatic N) is 3. The zero-order chi connectivity index (χ0) is 22.8. The molecule has 0 unspecified atom stereocenters. The van der Waals surface area contributed by atoms with Gasteiger partial charge >= 0.3 is 0 Å². The number of rotatable bonds is 10. The summed E-state index contributed by atoms with van der Waals surface area (Å²) in [5.74, 6) is 0.273. The van der Waals surface area contributed by atoms with Crippen molar-refractivity contribution in [2.75, 3.05) is 19.0 Å². The molecule has 1 aromatic carbocycles. The molecule has 6 nitrogen and oxygen atoms in total. The first-order valence-corrected chi connectivity index (χ1v) is 12.4. The maximum atomic E-state index is 13.2. The summed E-state index contributed by atoms with van der Waals surface area (Å²) in [5, 5.41) is 1.58. The van der Waals surface area contributed by atoms with Gasteiger partial charge in [-0.25, -0.2) is 4.98 Å². The van der Waals surface area contributed by atoms with Crippen molar-refractivity contribution in [1.29, 1.82) is 0 Å². The first-order valence-electron chi connectivity index (χ1n) is 11.0. The van der Waals surface area contributed by atoms with Gasteiger partial charge in [-0.2, -0.15) is 0 Å². The van der Waals surface area contributed by atoms with Crippen LogP contribution in [0.3, 0.4) is 0 Å². The van der Waals surface area contributed by atoms with E-state index in [1.165, 1.54) is 24.6 Å². The summed E-state index contributed by atoms with van der Waals surface area (Å²) in [6.07, 6.45) is 3.05. The van der Waals surface area contributed by atoms with Crippen LogP contribution < -0.4 is 5.56 Å². The summed E-state index contributed by atoms with van der Waals surface area (Å²) in [4.78, 5) is 30.9. The van der Waals surface area contributed by atoms with Gasteiger partial charge in [-0.05, 0) is 64.3 Å². The molecule has 3 aromatic rings. The van der Waals surface area contributed by atoms with Gasteiger partial charge in [0.2, 0.25) is 0 Å². The molecule has 1 aliphatic rings. The van der Waals surface area contributed by atoms with E-state index in [2.05, 4.69) is 16.5 Å². The SMILES string of the molecule is CCOCCCn1c(SCC(=O)c2cc(C)n(C3CC3)c2C)nc2cc(Cl)ccc2c1=O. The fraction of sp³-hybridized carbons (Fsp3) is 0.458. The maximum Gasteiger partial charge on any atom is 0.262 e. The fourth-order valence-electron chi connectivity index (χ4n) is 4.11. The van der Waals surface area contributed by atoms with Gasteiger partial charge in [0, 0.05) is 47.8 Å². The number of aryl methyl sites for hydroxylation is 1. The van der Waals surface area contributed by atoms with Crippen molar-refractivity contribution >= 4 is 40.0 Å². The van der Waals surface area contributed by atoms with E-state index in [1.807, 2.05) is 19.9 Å². The first-order chi connectivity index (χ1) is 15.4. The van der Waals surface area contributed by atoms with Gasteiger partial charge in [0.15, 0.2) is 10.9 Å². The predicted octanol–water partition coefficient (Wildman–Crippen LogP) is 5.20. The van der Waals surface area contributed by atoms with Crippen LogP contribution in [0.15, 0.2) is 34.2 Å². The Labute approximate surface area is 196 Å². The van der Waals surface area contributed by atoms with Crippen molar-refractivity contribution in [1.82, 2.24) is 14.1 Å². The summed E-state index contributed by atoms with van der Waals surface area (Å²) < 4.78 is 9.36. The van der Waals surface area contributed by atoms with Crippen LogP contribution in [0.25, 0.3) is 10.9 Å². The predicted molar refractivity (Wildman–Crippen MR) is 129 cm³/mol. The molecule has 0 bridgehead atoms. The van der Waals surface area contributed by atoms with Gasteiger partial charge in [0.1, 0.15) is 0 Å². The van der Waals surface area contributed by atoms with Crippen molar-refractivity contribution in [2.45, 2.75) is 57.8 Å². The minimum absolute atomic E-state index is 0.0521.